The van der Waals surface area contributed by atoms with Crippen LogP contribution in [0, 0.1) is 0 Å². The van der Waals surface area contributed by atoms with E-state index in [1.54, 1.807) is 0 Å². The minimum Gasteiger partial charge on any atom is -0.464 e. The third-order valence-electron chi connectivity index (χ3n) is 1.78. The molecule has 0 atom stereocenters. The second kappa shape index (κ2) is 7.77. The zero-order chi connectivity index (χ0) is 11.0. The monoisotopic (exact) mass is 254 g/mol. The van der Waals surface area contributed by atoms with Gasteiger partial charge in [-0.15, -0.1) is 25.3 Å². The van der Waals surface area contributed by atoms with E-state index in [2.05, 4.69) is 44.8 Å². The van der Waals surface area contributed by atoms with Crippen molar-refractivity contribution in [2.75, 3.05) is 12.4 Å². The fourth-order valence-electron chi connectivity index (χ4n) is 0.874. The van der Waals surface area contributed by atoms with Crippen LogP contribution in [0.15, 0.2) is 0 Å². The molecule has 14 heavy (non-hydrogen) atoms. The second-order valence-corrected chi connectivity index (χ2v) is 5.37. The molecule has 0 unspecified atom stereocenters. The maximum Gasteiger partial charge on any atom is 0.332 e. The van der Waals surface area contributed by atoms with Crippen molar-refractivity contribution in [2.45, 2.75) is 36.7 Å². The van der Waals surface area contributed by atoms with E-state index in [-0.39, 0.29) is 5.75 Å². The van der Waals surface area contributed by atoms with Gasteiger partial charge in [-0.2, -0.15) is 12.6 Å². The molecule has 0 aromatic carbocycles. The van der Waals surface area contributed by atoms with E-state index in [9.17, 15) is 4.79 Å². The van der Waals surface area contributed by atoms with Gasteiger partial charge in [0, 0.05) is 5.75 Å². The lowest BCUT2D eigenvalue weighted by Gasteiger charge is -2.17. The molecule has 0 N–H and O–H groups in total. The lowest BCUT2D eigenvalue weighted by atomic mass is 10.2. The van der Waals surface area contributed by atoms with Gasteiger partial charge in [-0.3, -0.25) is 0 Å². The van der Waals surface area contributed by atoms with Crippen LogP contribution < -0.4 is 0 Å². The van der Waals surface area contributed by atoms with E-state index >= 15 is 0 Å². The van der Waals surface area contributed by atoms with Gasteiger partial charge in [-0.1, -0.05) is 26.2 Å². The van der Waals surface area contributed by atoms with E-state index in [0.717, 1.165) is 12.8 Å². The maximum atomic E-state index is 11.3. The Balaban J connectivity index is 3.54. The Morgan fingerprint density at radius 1 is 1.29 bits per heavy atom. The molecule has 0 heterocycles. The van der Waals surface area contributed by atoms with Gasteiger partial charge in [-0.05, 0) is 6.42 Å². The van der Waals surface area contributed by atoms with Crippen molar-refractivity contribution in [1.29, 1.82) is 0 Å². The average molecular weight is 254 g/mol. The van der Waals surface area contributed by atoms with Gasteiger partial charge in [0.2, 0.25) is 0 Å². The third-order valence-corrected chi connectivity index (χ3v) is 3.43. The van der Waals surface area contributed by atoms with Crippen molar-refractivity contribution < 1.29 is 9.53 Å². The molecule has 0 saturated carbocycles. The summed E-state index contributed by atoms with van der Waals surface area (Å²) in [6.07, 6.45) is 4.35. The van der Waals surface area contributed by atoms with Crippen LogP contribution in [0.25, 0.3) is 0 Å². The number of ether oxygens (including phenoxy) is 1. The molecule has 0 rings (SSSR count). The molecule has 0 aliphatic carbocycles. The Bertz CT molecular complexity index is 171. The van der Waals surface area contributed by atoms with Crippen LogP contribution in [0.5, 0.6) is 0 Å². The van der Waals surface area contributed by atoms with Crippen molar-refractivity contribution in [3.63, 3.8) is 0 Å². The molecule has 0 aliphatic heterocycles. The molecule has 0 saturated heterocycles. The predicted octanol–water partition coefficient (Wildman–Crippen LogP) is 2.60. The average Bonchev–Trinajstić information content (AvgIpc) is 2.17. The Morgan fingerprint density at radius 3 is 2.43 bits per heavy atom. The van der Waals surface area contributed by atoms with Crippen LogP contribution in [-0.4, -0.2) is 22.4 Å². The van der Waals surface area contributed by atoms with Gasteiger partial charge >= 0.3 is 5.97 Å². The number of thiol groups is 3. The van der Waals surface area contributed by atoms with Crippen molar-refractivity contribution in [3.05, 3.63) is 0 Å². The summed E-state index contributed by atoms with van der Waals surface area (Å²) in [5, 5.41) is 0. The smallest absolute Gasteiger partial charge is 0.332 e. The van der Waals surface area contributed by atoms with Gasteiger partial charge in [-0.25, -0.2) is 4.79 Å². The summed E-state index contributed by atoms with van der Waals surface area (Å²) in [4.78, 5) is 11.3. The van der Waals surface area contributed by atoms with Crippen molar-refractivity contribution in [2.24, 2.45) is 0 Å². The van der Waals surface area contributed by atoms with Crippen molar-refractivity contribution in [3.8, 4) is 0 Å². The summed E-state index contributed by atoms with van der Waals surface area (Å²) in [6.45, 7) is 2.59. The first kappa shape index (κ1) is 14.5. The molecule has 5 heteroatoms. The predicted molar refractivity (Wildman–Crippen MR) is 69.7 cm³/mol. The first-order chi connectivity index (χ1) is 6.54. The highest BCUT2D eigenvalue weighted by atomic mass is 32.2. The summed E-state index contributed by atoms with van der Waals surface area (Å²) >= 11 is 12.0. The summed E-state index contributed by atoms with van der Waals surface area (Å²) < 4.78 is 3.94. The highest BCUT2D eigenvalue weighted by Crippen LogP contribution is 2.22. The van der Waals surface area contributed by atoms with Gasteiger partial charge in [0.05, 0.1) is 6.61 Å². The lowest BCUT2D eigenvalue weighted by Crippen LogP contribution is -2.30. The fourth-order valence-corrected chi connectivity index (χ4v) is 1.13. The molecule has 0 amide bonds. The number of carbonyl (C=O) groups is 1. The number of carbonyl (C=O) groups excluding carboxylic acids is 1. The SMILES string of the molecule is CCCCCCOC(=O)C(S)(S)CS. The number of rotatable bonds is 7. The number of hydrogen-bond donors (Lipinski definition) is 3. The topological polar surface area (TPSA) is 26.3 Å². The molecular weight excluding hydrogens is 236 g/mol. The first-order valence-electron chi connectivity index (χ1n) is 4.77. The molecule has 0 fully saturated rings. The molecular formula is C9H18O2S3. The largest absolute Gasteiger partial charge is 0.464 e. The van der Waals surface area contributed by atoms with Crippen molar-refractivity contribution >= 4 is 43.9 Å². The van der Waals surface area contributed by atoms with Crippen LogP contribution in [0.2, 0.25) is 0 Å². The van der Waals surface area contributed by atoms with E-state index in [0.29, 0.717) is 6.61 Å². The molecule has 0 spiro atoms. The fraction of sp³-hybridized carbons (Fsp3) is 0.889. The Morgan fingerprint density at radius 2 is 1.93 bits per heavy atom. The van der Waals surface area contributed by atoms with Crippen LogP contribution in [0.4, 0.5) is 0 Å². The van der Waals surface area contributed by atoms with Crippen LogP contribution >= 0.6 is 37.9 Å². The Hall–Kier alpha value is 0.520. The van der Waals surface area contributed by atoms with Crippen LogP contribution in [0.3, 0.4) is 0 Å². The third kappa shape index (κ3) is 6.09. The van der Waals surface area contributed by atoms with Crippen molar-refractivity contribution in [1.82, 2.24) is 0 Å². The molecule has 0 radical (unpaired) electrons. The van der Waals surface area contributed by atoms with Gasteiger partial charge in [0.15, 0.2) is 4.08 Å². The minimum atomic E-state index is -1.06. The molecule has 0 bridgehead atoms. The standard InChI is InChI=1S/C9H18O2S3/c1-2-3-4-5-6-11-8(10)9(13,14)7-12/h12-14H,2-7H2,1H3. The summed E-state index contributed by atoms with van der Waals surface area (Å²) in [5.41, 5.74) is 0. The molecule has 2 nitrogen and oxygen atoms in total. The highest BCUT2D eigenvalue weighted by Gasteiger charge is 2.30. The number of esters is 1. The quantitative estimate of drug-likeness (QED) is 0.282. The summed E-state index contributed by atoms with van der Waals surface area (Å²) in [5.74, 6) is -0.150. The zero-order valence-corrected chi connectivity index (χ0v) is 11.1. The maximum absolute atomic E-state index is 11.3. The summed E-state index contributed by atoms with van der Waals surface area (Å²) in [6, 6.07) is 0. The van der Waals surface area contributed by atoms with Gasteiger partial charge in [0.25, 0.3) is 0 Å². The van der Waals surface area contributed by atoms with E-state index in [4.69, 9.17) is 4.74 Å². The number of hydrogen-bond acceptors (Lipinski definition) is 5. The number of unbranched alkanes of at least 4 members (excludes halogenated alkanes) is 3. The Kier molecular flexibility index (Phi) is 8.05. The molecule has 84 valence electrons. The molecule has 0 aromatic heterocycles. The molecule has 0 aromatic rings. The highest BCUT2D eigenvalue weighted by molar-refractivity contribution is 8.03. The van der Waals surface area contributed by atoms with Gasteiger partial charge < -0.3 is 4.74 Å². The lowest BCUT2D eigenvalue weighted by molar-refractivity contribution is -0.143. The first-order valence-corrected chi connectivity index (χ1v) is 6.30. The van der Waals surface area contributed by atoms with Gasteiger partial charge in [0.1, 0.15) is 0 Å². The van der Waals surface area contributed by atoms with E-state index < -0.39 is 10.0 Å². The zero-order valence-electron chi connectivity index (χ0n) is 8.40. The molecule has 0 aliphatic rings. The van der Waals surface area contributed by atoms with E-state index in [1.165, 1.54) is 12.8 Å². The Labute approximate surface area is 102 Å². The van der Waals surface area contributed by atoms with E-state index in [1.807, 2.05) is 0 Å². The van der Waals surface area contributed by atoms with Crippen LogP contribution in [-0.2, 0) is 9.53 Å². The normalized spacial score (nSPS) is 11.4. The minimum absolute atomic E-state index is 0.257. The summed E-state index contributed by atoms with van der Waals surface area (Å²) in [7, 11) is 0. The van der Waals surface area contributed by atoms with Crippen LogP contribution in [0.1, 0.15) is 32.6 Å². The second-order valence-electron chi connectivity index (χ2n) is 3.17.